The zero-order valence-corrected chi connectivity index (χ0v) is 9.43. The highest BCUT2D eigenvalue weighted by atomic mass is 35.5. The number of hydrogen-bond donors (Lipinski definition) is 2. The van der Waals surface area contributed by atoms with E-state index in [2.05, 4.69) is 5.32 Å². The molecule has 0 bridgehead atoms. The lowest BCUT2D eigenvalue weighted by Gasteiger charge is -2.16. The van der Waals surface area contributed by atoms with Gasteiger partial charge in [-0.2, -0.15) is 0 Å². The highest BCUT2D eigenvalue weighted by molar-refractivity contribution is 6.28. The fourth-order valence-corrected chi connectivity index (χ4v) is 0.855. The number of likely N-dealkylation sites (N-methyl/N-ethyl adjacent to an activating group) is 2. The first-order chi connectivity index (χ1) is 7.01. The van der Waals surface area contributed by atoms with Crippen molar-refractivity contribution in [1.82, 2.24) is 15.5 Å². The predicted molar refractivity (Wildman–Crippen MR) is 55.6 cm³/mol. The Hall–Kier alpha value is -1.30. The molecule has 0 saturated heterocycles. The average molecular weight is 236 g/mol. The molecule has 0 aromatic carbocycles. The van der Waals surface area contributed by atoms with Crippen molar-refractivity contribution in [3.05, 3.63) is 0 Å². The molecule has 0 aliphatic carbocycles. The van der Waals surface area contributed by atoms with Crippen molar-refractivity contribution in [3.8, 4) is 0 Å². The van der Waals surface area contributed by atoms with E-state index in [-0.39, 0.29) is 18.3 Å². The first-order valence-electron chi connectivity index (χ1n) is 4.38. The molecule has 0 fully saturated rings. The number of nitrogens with one attached hydrogen (secondary N) is 2. The first-order valence-corrected chi connectivity index (χ1v) is 4.92. The van der Waals surface area contributed by atoms with Crippen LogP contribution in [0.4, 0.5) is 4.79 Å². The van der Waals surface area contributed by atoms with Gasteiger partial charge < -0.3 is 10.2 Å². The number of imide groups is 1. The lowest BCUT2D eigenvalue weighted by molar-refractivity contribution is -0.122. The molecule has 0 aliphatic rings. The van der Waals surface area contributed by atoms with Gasteiger partial charge in [0, 0.05) is 13.6 Å². The van der Waals surface area contributed by atoms with E-state index in [4.69, 9.17) is 11.6 Å². The molecule has 0 aromatic rings. The normalized spacial score (nSPS) is 9.27. The molecular formula is C8H14ClN3O3. The smallest absolute Gasteiger partial charge is 0.324 e. The third-order valence-electron chi connectivity index (χ3n) is 1.47. The zero-order chi connectivity index (χ0) is 11.8. The van der Waals surface area contributed by atoms with Gasteiger partial charge in [0.15, 0.2) is 0 Å². The van der Waals surface area contributed by atoms with Crippen LogP contribution in [0.5, 0.6) is 0 Å². The number of carbonyl (C=O) groups is 3. The second-order valence-electron chi connectivity index (χ2n) is 2.80. The summed E-state index contributed by atoms with van der Waals surface area (Å²) in [6.07, 6.45) is 0. The van der Waals surface area contributed by atoms with Gasteiger partial charge in [0.1, 0.15) is 12.4 Å². The minimum absolute atomic E-state index is 0.102. The summed E-state index contributed by atoms with van der Waals surface area (Å²) < 4.78 is 0. The predicted octanol–water partition coefficient (Wildman–Crippen LogP) is -0.471. The molecule has 86 valence electrons. The SMILES string of the molecule is CCNC(=O)CN(C)C(=O)NC(=O)CCl. The topological polar surface area (TPSA) is 78.5 Å². The maximum absolute atomic E-state index is 11.2. The lowest BCUT2D eigenvalue weighted by atomic mass is 10.5. The van der Waals surface area contributed by atoms with Gasteiger partial charge in [0.05, 0.1) is 0 Å². The van der Waals surface area contributed by atoms with Crippen LogP contribution in [0.25, 0.3) is 0 Å². The molecular weight excluding hydrogens is 222 g/mol. The first kappa shape index (κ1) is 13.7. The summed E-state index contributed by atoms with van der Waals surface area (Å²) in [5.41, 5.74) is 0. The Morgan fingerprint density at radius 3 is 2.33 bits per heavy atom. The molecule has 7 heteroatoms. The molecule has 0 atom stereocenters. The number of alkyl halides is 1. The van der Waals surface area contributed by atoms with Crippen LogP contribution in [0.3, 0.4) is 0 Å². The molecule has 4 amide bonds. The molecule has 15 heavy (non-hydrogen) atoms. The molecule has 0 spiro atoms. The number of carbonyl (C=O) groups excluding carboxylic acids is 3. The Morgan fingerprint density at radius 2 is 1.87 bits per heavy atom. The second-order valence-corrected chi connectivity index (χ2v) is 3.06. The maximum atomic E-state index is 11.2. The van der Waals surface area contributed by atoms with Crippen molar-refractivity contribution in [3.63, 3.8) is 0 Å². The van der Waals surface area contributed by atoms with Gasteiger partial charge in [-0.3, -0.25) is 14.9 Å². The van der Waals surface area contributed by atoms with Crippen LogP contribution < -0.4 is 10.6 Å². The summed E-state index contributed by atoms with van der Waals surface area (Å²) in [6.45, 7) is 2.17. The van der Waals surface area contributed by atoms with Crippen LogP contribution in [-0.4, -0.2) is 48.8 Å². The molecule has 0 rings (SSSR count). The largest absolute Gasteiger partial charge is 0.355 e. The second kappa shape index (κ2) is 7.05. The number of nitrogens with zero attached hydrogens (tertiary/aromatic N) is 1. The Kier molecular flexibility index (Phi) is 6.44. The average Bonchev–Trinajstić information content (AvgIpc) is 2.17. The third kappa shape index (κ3) is 5.90. The van der Waals surface area contributed by atoms with Crippen molar-refractivity contribution < 1.29 is 14.4 Å². The van der Waals surface area contributed by atoms with E-state index in [9.17, 15) is 14.4 Å². The van der Waals surface area contributed by atoms with Crippen molar-refractivity contribution >= 4 is 29.4 Å². The molecule has 6 nitrogen and oxygen atoms in total. The maximum Gasteiger partial charge on any atom is 0.324 e. The van der Waals surface area contributed by atoms with Gasteiger partial charge in [0.2, 0.25) is 11.8 Å². The van der Waals surface area contributed by atoms with Gasteiger partial charge in [-0.25, -0.2) is 4.79 Å². The molecule has 0 unspecified atom stereocenters. The van der Waals surface area contributed by atoms with E-state index < -0.39 is 11.9 Å². The third-order valence-corrected chi connectivity index (χ3v) is 1.71. The van der Waals surface area contributed by atoms with E-state index in [1.807, 2.05) is 5.32 Å². The number of rotatable bonds is 4. The van der Waals surface area contributed by atoms with Crippen LogP contribution >= 0.6 is 11.6 Å². The standard InChI is InChI=1S/C8H14ClN3O3/c1-3-10-7(14)5-12(2)8(15)11-6(13)4-9/h3-5H2,1-2H3,(H,10,14)(H,11,13,15). The molecule has 0 radical (unpaired) electrons. The molecule has 0 aliphatic heterocycles. The summed E-state index contributed by atoms with van der Waals surface area (Å²) in [4.78, 5) is 34.1. The summed E-state index contributed by atoms with van der Waals surface area (Å²) in [5.74, 6) is -1.17. The van der Waals surface area contributed by atoms with Crippen LogP contribution in [0.2, 0.25) is 0 Å². The summed E-state index contributed by atoms with van der Waals surface area (Å²) >= 11 is 5.19. The van der Waals surface area contributed by atoms with E-state index >= 15 is 0 Å². The fourth-order valence-electron chi connectivity index (χ4n) is 0.788. The zero-order valence-electron chi connectivity index (χ0n) is 8.67. The van der Waals surface area contributed by atoms with Gasteiger partial charge in [-0.05, 0) is 6.92 Å². The molecule has 0 heterocycles. The van der Waals surface area contributed by atoms with E-state index in [0.29, 0.717) is 6.54 Å². The monoisotopic (exact) mass is 235 g/mol. The van der Waals surface area contributed by atoms with Crippen molar-refractivity contribution in [2.24, 2.45) is 0 Å². The number of amides is 4. The van der Waals surface area contributed by atoms with Crippen molar-refractivity contribution in [2.45, 2.75) is 6.92 Å². The molecule has 2 N–H and O–H groups in total. The van der Waals surface area contributed by atoms with E-state index in [1.165, 1.54) is 7.05 Å². The van der Waals surface area contributed by atoms with Crippen molar-refractivity contribution in [1.29, 1.82) is 0 Å². The van der Waals surface area contributed by atoms with Gasteiger partial charge in [0.25, 0.3) is 0 Å². The van der Waals surface area contributed by atoms with Crippen LogP contribution in [0.15, 0.2) is 0 Å². The Bertz CT molecular complexity index is 258. The summed E-state index contributed by atoms with van der Waals surface area (Å²) in [7, 11) is 1.41. The Balaban J connectivity index is 3.98. The lowest BCUT2D eigenvalue weighted by Crippen LogP contribution is -2.45. The summed E-state index contributed by atoms with van der Waals surface area (Å²) in [6, 6.07) is -0.646. The fraction of sp³-hybridized carbons (Fsp3) is 0.625. The van der Waals surface area contributed by atoms with E-state index in [0.717, 1.165) is 4.90 Å². The summed E-state index contributed by atoms with van der Waals surface area (Å²) in [5, 5.41) is 4.54. The van der Waals surface area contributed by atoms with Crippen LogP contribution in [-0.2, 0) is 9.59 Å². The van der Waals surface area contributed by atoms with Gasteiger partial charge in [-0.15, -0.1) is 11.6 Å². The number of hydrogen-bond acceptors (Lipinski definition) is 3. The number of urea groups is 1. The molecule has 0 saturated carbocycles. The minimum Gasteiger partial charge on any atom is -0.355 e. The van der Waals surface area contributed by atoms with Crippen molar-refractivity contribution in [2.75, 3.05) is 26.0 Å². The van der Waals surface area contributed by atoms with Crippen LogP contribution in [0, 0.1) is 0 Å². The Morgan fingerprint density at radius 1 is 1.27 bits per heavy atom. The van der Waals surface area contributed by atoms with Gasteiger partial charge in [-0.1, -0.05) is 0 Å². The van der Waals surface area contributed by atoms with Gasteiger partial charge >= 0.3 is 6.03 Å². The Labute approximate surface area is 92.9 Å². The highest BCUT2D eigenvalue weighted by Crippen LogP contribution is 1.85. The van der Waals surface area contributed by atoms with Crippen LogP contribution in [0.1, 0.15) is 6.92 Å². The molecule has 0 aromatic heterocycles. The van der Waals surface area contributed by atoms with E-state index in [1.54, 1.807) is 6.92 Å². The highest BCUT2D eigenvalue weighted by Gasteiger charge is 2.14. The quantitative estimate of drug-likeness (QED) is 0.647. The minimum atomic E-state index is -0.646. The number of halogens is 1.